The van der Waals surface area contributed by atoms with Crippen LogP contribution in [0.1, 0.15) is 13.3 Å². The Labute approximate surface area is 106 Å². The first-order valence-electron chi connectivity index (χ1n) is 2.62. The molecule has 2 nitrogen and oxygen atoms in total. The summed E-state index contributed by atoms with van der Waals surface area (Å²) >= 11 is 0. The van der Waals surface area contributed by atoms with Gasteiger partial charge >= 0.3 is 58.2 Å². The zero-order valence-corrected chi connectivity index (χ0v) is 11.8. The van der Waals surface area contributed by atoms with Crippen molar-refractivity contribution in [1.29, 1.82) is 0 Å². The Morgan fingerprint density at radius 3 is 2.00 bits per heavy atom. The zero-order valence-electron chi connectivity index (χ0n) is 6.05. The van der Waals surface area contributed by atoms with E-state index in [1.54, 1.807) is 0 Å². The minimum Gasteiger partial charge on any atom is -0.329 e. The van der Waals surface area contributed by atoms with E-state index in [1.807, 2.05) is 6.92 Å². The van der Waals surface area contributed by atoms with Crippen molar-refractivity contribution in [2.45, 2.75) is 13.3 Å². The van der Waals surface area contributed by atoms with Gasteiger partial charge in [-0.2, -0.15) is 0 Å². The maximum atomic E-state index is 10.5. The average molecular weight is 221 g/mol. The van der Waals surface area contributed by atoms with Crippen LogP contribution >= 0.6 is 0 Å². The molecule has 0 aliphatic rings. The van der Waals surface area contributed by atoms with Gasteiger partial charge in [0.1, 0.15) is 9.84 Å². The summed E-state index contributed by atoms with van der Waals surface area (Å²) in [6.07, 6.45) is 0.692. The fourth-order valence-corrected chi connectivity index (χ4v) is 1.24. The molecule has 50 valence electrons. The molecule has 0 rings (SSSR count). The van der Waals surface area contributed by atoms with Crippen LogP contribution in [0.15, 0.2) is 0 Å². The Kier molecular flexibility index (Phi) is 9.59. The Bertz CT molecular complexity index is 139. The normalized spacial score (nSPS) is 10.4. The number of hydrogen-bond donors (Lipinski definition) is 0. The standard InChI is InChI=1S/C5H11O2S.Rb/c1-3-5-8(6,7)4-2;/h2-5H2,1H3;/q-1;+1. The Morgan fingerprint density at radius 1 is 1.44 bits per heavy atom. The summed E-state index contributed by atoms with van der Waals surface area (Å²) < 4.78 is 21.1. The third kappa shape index (κ3) is 7.65. The van der Waals surface area contributed by atoms with E-state index in [-0.39, 0.29) is 69.7 Å². The maximum absolute atomic E-state index is 10.5. The summed E-state index contributed by atoms with van der Waals surface area (Å²) in [5.41, 5.74) is 0. The second-order valence-corrected chi connectivity index (χ2v) is 3.96. The molecule has 0 atom stereocenters. The second-order valence-electron chi connectivity index (χ2n) is 1.65. The van der Waals surface area contributed by atoms with Crippen molar-refractivity contribution in [3.8, 4) is 0 Å². The molecule has 9 heavy (non-hydrogen) atoms. The van der Waals surface area contributed by atoms with Crippen molar-refractivity contribution >= 4 is 9.84 Å². The molecule has 0 bridgehead atoms. The molecule has 0 N–H and O–H groups in total. The third-order valence-electron chi connectivity index (χ3n) is 0.826. The Balaban J connectivity index is 0. The van der Waals surface area contributed by atoms with Crippen molar-refractivity contribution in [2.75, 3.05) is 11.5 Å². The van der Waals surface area contributed by atoms with Gasteiger partial charge in [-0.25, -0.2) is 8.42 Å². The van der Waals surface area contributed by atoms with E-state index in [4.69, 9.17) is 0 Å². The van der Waals surface area contributed by atoms with Gasteiger partial charge in [0, 0.05) is 5.75 Å². The molecule has 4 heteroatoms. The fraction of sp³-hybridized carbons (Fsp3) is 0.800. The molecule has 0 aliphatic carbocycles. The molecule has 0 heterocycles. The smallest absolute Gasteiger partial charge is 0.329 e. The average Bonchev–Trinajstić information content (AvgIpc) is 1.67. The monoisotopic (exact) mass is 220 g/mol. The minimum absolute atomic E-state index is 0. The molecule has 0 aromatic carbocycles. The molecule has 0 unspecified atom stereocenters. The van der Waals surface area contributed by atoms with E-state index < -0.39 is 9.84 Å². The minimum atomic E-state index is -2.78. The Morgan fingerprint density at radius 2 is 1.89 bits per heavy atom. The van der Waals surface area contributed by atoms with Crippen molar-refractivity contribution in [3.63, 3.8) is 0 Å². The molecule has 0 radical (unpaired) electrons. The van der Waals surface area contributed by atoms with E-state index in [0.717, 1.165) is 0 Å². The summed E-state index contributed by atoms with van der Waals surface area (Å²) in [6.45, 7) is 5.13. The van der Waals surface area contributed by atoms with Gasteiger partial charge in [0.05, 0.1) is 0 Å². The SMILES string of the molecule is [CH2-]CS(=O)(=O)CCC.[Rb+]. The summed E-state index contributed by atoms with van der Waals surface area (Å²) in [6, 6.07) is 0. The molecule has 0 aromatic heterocycles. The maximum Gasteiger partial charge on any atom is 1.00 e. The summed E-state index contributed by atoms with van der Waals surface area (Å²) in [5, 5.41) is 0. The summed E-state index contributed by atoms with van der Waals surface area (Å²) in [5.74, 6) is 0.303. The van der Waals surface area contributed by atoms with Gasteiger partial charge in [-0.1, -0.05) is 12.7 Å². The number of hydrogen-bond acceptors (Lipinski definition) is 2. The van der Waals surface area contributed by atoms with Crippen molar-refractivity contribution in [1.82, 2.24) is 0 Å². The molecule has 0 aliphatic heterocycles. The molecular formula is C5H11O2RbS. The van der Waals surface area contributed by atoms with Crippen molar-refractivity contribution < 1.29 is 66.6 Å². The van der Waals surface area contributed by atoms with Crippen LogP contribution in [-0.4, -0.2) is 19.9 Å². The predicted octanol–water partition coefficient (Wildman–Crippen LogP) is -2.35. The first-order valence-corrected chi connectivity index (χ1v) is 4.44. The quantitative estimate of drug-likeness (QED) is 0.500. The molecule has 0 saturated heterocycles. The van der Waals surface area contributed by atoms with Crippen LogP contribution in [0, 0.1) is 6.92 Å². The van der Waals surface area contributed by atoms with Crippen LogP contribution < -0.4 is 58.2 Å². The zero-order chi connectivity index (χ0) is 6.62. The van der Waals surface area contributed by atoms with Crippen molar-refractivity contribution in [2.24, 2.45) is 0 Å². The Hall–Kier alpha value is 1.76. The second kappa shape index (κ2) is 6.46. The van der Waals surface area contributed by atoms with Gasteiger partial charge in [-0.05, 0) is 6.42 Å². The van der Waals surface area contributed by atoms with Crippen LogP contribution in [-0.2, 0) is 9.84 Å². The predicted molar refractivity (Wildman–Crippen MR) is 34.3 cm³/mol. The number of rotatable bonds is 3. The topological polar surface area (TPSA) is 34.1 Å². The summed E-state index contributed by atoms with van der Waals surface area (Å²) in [4.78, 5) is 0. The van der Waals surface area contributed by atoms with E-state index >= 15 is 0 Å². The molecule has 0 saturated carbocycles. The molecule has 0 spiro atoms. The van der Waals surface area contributed by atoms with Crippen LogP contribution in [0.2, 0.25) is 0 Å². The fourth-order valence-electron chi connectivity index (χ4n) is 0.413. The van der Waals surface area contributed by atoms with Gasteiger partial charge < -0.3 is 6.92 Å². The number of sulfone groups is 1. The molecule has 0 amide bonds. The van der Waals surface area contributed by atoms with Gasteiger partial charge in [-0.3, -0.25) is 0 Å². The van der Waals surface area contributed by atoms with E-state index in [0.29, 0.717) is 6.42 Å². The van der Waals surface area contributed by atoms with Crippen LogP contribution in [0.5, 0.6) is 0 Å². The van der Waals surface area contributed by atoms with Gasteiger partial charge in [0.25, 0.3) is 0 Å². The van der Waals surface area contributed by atoms with Crippen LogP contribution in [0.4, 0.5) is 0 Å². The first kappa shape index (κ1) is 13.4. The largest absolute Gasteiger partial charge is 1.00 e. The van der Waals surface area contributed by atoms with E-state index in [2.05, 4.69) is 6.92 Å². The van der Waals surface area contributed by atoms with Crippen LogP contribution in [0.25, 0.3) is 0 Å². The van der Waals surface area contributed by atoms with Gasteiger partial charge in [-0.15, -0.1) is 0 Å². The molecule has 0 aromatic rings. The third-order valence-corrected chi connectivity index (χ3v) is 2.48. The molecular weight excluding hydrogens is 210 g/mol. The van der Waals surface area contributed by atoms with Crippen LogP contribution in [0.3, 0.4) is 0 Å². The van der Waals surface area contributed by atoms with Gasteiger partial charge in [0.15, 0.2) is 0 Å². The summed E-state index contributed by atoms with van der Waals surface area (Å²) in [7, 11) is -2.78. The first-order chi connectivity index (χ1) is 3.62. The molecule has 0 fully saturated rings. The van der Waals surface area contributed by atoms with E-state index in [9.17, 15) is 8.42 Å². The van der Waals surface area contributed by atoms with Crippen molar-refractivity contribution in [3.05, 3.63) is 6.92 Å². The van der Waals surface area contributed by atoms with E-state index in [1.165, 1.54) is 0 Å². The van der Waals surface area contributed by atoms with Gasteiger partial charge in [0.2, 0.25) is 0 Å².